The Labute approximate surface area is 176 Å². The number of nitrogens with one attached hydrogen (secondary N) is 1. The first kappa shape index (κ1) is 21.6. The molecule has 9 heteroatoms. The van der Waals surface area contributed by atoms with E-state index in [1.807, 2.05) is 18.5 Å². The predicted molar refractivity (Wildman–Crippen MR) is 111 cm³/mol. The summed E-state index contributed by atoms with van der Waals surface area (Å²) < 4.78 is 15.1. The molecule has 0 saturated heterocycles. The molecule has 2 aromatic carbocycles. The van der Waals surface area contributed by atoms with Crippen LogP contribution in [0.4, 0.5) is 15.8 Å². The smallest absolute Gasteiger partial charge is 0.230 e. The Balaban J connectivity index is 0.00000280. The number of amides is 1. The Hall–Kier alpha value is -2.66. The first-order valence-electron chi connectivity index (χ1n) is 7.89. The van der Waals surface area contributed by atoms with Gasteiger partial charge in [0.2, 0.25) is 5.91 Å². The van der Waals surface area contributed by atoms with Crippen LogP contribution in [-0.2, 0) is 18.3 Å². The summed E-state index contributed by atoms with van der Waals surface area (Å²) in [5, 5.41) is 13.5. The second-order valence-electron chi connectivity index (χ2n) is 5.69. The first-order chi connectivity index (χ1) is 13.0. The van der Waals surface area contributed by atoms with Gasteiger partial charge >= 0.3 is 0 Å². The second-order valence-corrected chi connectivity index (χ2v) is 6.94. The third kappa shape index (κ3) is 5.20. The summed E-state index contributed by atoms with van der Waals surface area (Å²) in [6.45, 7) is 0. The van der Waals surface area contributed by atoms with Gasteiger partial charge in [-0.1, -0.05) is 11.6 Å². The van der Waals surface area contributed by atoms with Crippen molar-refractivity contribution in [1.82, 2.24) is 4.57 Å². The lowest BCUT2D eigenvalue weighted by atomic mass is 10.2. The summed E-state index contributed by atoms with van der Waals surface area (Å²) in [4.78, 5) is 17.4. The second kappa shape index (κ2) is 9.51. The van der Waals surface area contributed by atoms with E-state index in [9.17, 15) is 9.18 Å². The minimum absolute atomic E-state index is 0. The van der Waals surface area contributed by atoms with Crippen LogP contribution in [0.25, 0.3) is 0 Å². The van der Waals surface area contributed by atoms with Crippen LogP contribution >= 0.6 is 35.3 Å². The molecule has 28 heavy (non-hydrogen) atoms. The van der Waals surface area contributed by atoms with Crippen molar-refractivity contribution in [3.8, 4) is 6.07 Å². The molecule has 0 bridgehead atoms. The number of rotatable bonds is 4. The van der Waals surface area contributed by atoms with Gasteiger partial charge in [0.05, 0.1) is 28.8 Å². The highest BCUT2D eigenvalue weighted by atomic mass is 35.5. The van der Waals surface area contributed by atoms with E-state index in [1.165, 1.54) is 29.5 Å². The Bertz CT molecular complexity index is 1100. The lowest BCUT2D eigenvalue weighted by molar-refractivity contribution is -0.115. The van der Waals surface area contributed by atoms with Gasteiger partial charge in [0, 0.05) is 23.8 Å². The molecule has 0 aliphatic carbocycles. The van der Waals surface area contributed by atoms with Crippen LogP contribution in [0.2, 0.25) is 5.02 Å². The molecule has 1 N–H and O–H groups in total. The molecule has 0 unspecified atom stereocenters. The van der Waals surface area contributed by atoms with E-state index in [2.05, 4.69) is 10.3 Å². The molecule has 1 aromatic heterocycles. The van der Waals surface area contributed by atoms with Gasteiger partial charge in [-0.05, 0) is 42.5 Å². The molecular formula is C19H15Cl2FN4OS. The summed E-state index contributed by atoms with van der Waals surface area (Å²) in [7, 11) is 1.81. The highest BCUT2D eigenvalue weighted by Crippen LogP contribution is 2.21. The molecule has 0 spiro atoms. The van der Waals surface area contributed by atoms with Crippen LogP contribution in [0.3, 0.4) is 0 Å². The predicted octanol–water partition coefficient (Wildman–Crippen LogP) is 4.59. The van der Waals surface area contributed by atoms with Crippen molar-refractivity contribution in [3.63, 3.8) is 0 Å². The molecule has 1 amide bonds. The normalized spacial score (nSPS) is 10.9. The number of aromatic nitrogens is 1. The molecule has 0 fully saturated rings. The Morgan fingerprint density at radius 3 is 2.68 bits per heavy atom. The third-order valence-corrected chi connectivity index (χ3v) is 5.04. The molecule has 0 radical (unpaired) electrons. The van der Waals surface area contributed by atoms with E-state index in [-0.39, 0.29) is 29.8 Å². The molecule has 0 aliphatic rings. The van der Waals surface area contributed by atoms with Gasteiger partial charge in [-0.25, -0.2) is 9.38 Å². The number of benzene rings is 2. The first-order valence-corrected chi connectivity index (χ1v) is 9.15. The SMILES string of the molecule is Cl.Cn1c(CC(=O)Nc2ccc(C#N)cc2)csc1=Nc1ccc(F)c(Cl)c1. The summed E-state index contributed by atoms with van der Waals surface area (Å²) in [5.41, 5.74) is 2.48. The number of hydrogen-bond donors (Lipinski definition) is 1. The zero-order valence-electron chi connectivity index (χ0n) is 14.6. The molecule has 1 heterocycles. The zero-order chi connectivity index (χ0) is 19.4. The molecule has 144 valence electrons. The van der Waals surface area contributed by atoms with E-state index < -0.39 is 5.82 Å². The van der Waals surface area contributed by atoms with Gasteiger partial charge in [0.25, 0.3) is 0 Å². The summed E-state index contributed by atoms with van der Waals surface area (Å²) >= 11 is 7.16. The highest BCUT2D eigenvalue weighted by molar-refractivity contribution is 7.07. The van der Waals surface area contributed by atoms with Crippen molar-refractivity contribution in [2.75, 3.05) is 5.32 Å². The topological polar surface area (TPSA) is 70.2 Å². The number of hydrogen-bond acceptors (Lipinski definition) is 4. The van der Waals surface area contributed by atoms with Gasteiger partial charge in [0.1, 0.15) is 5.82 Å². The quantitative estimate of drug-likeness (QED) is 0.649. The number of thiazole rings is 1. The molecule has 0 atom stereocenters. The number of carbonyl (C=O) groups is 1. The highest BCUT2D eigenvalue weighted by Gasteiger charge is 2.09. The largest absolute Gasteiger partial charge is 0.326 e. The van der Waals surface area contributed by atoms with E-state index in [4.69, 9.17) is 16.9 Å². The van der Waals surface area contributed by atoms with Crippen molar-refractivity contribution in [2.45, 2.75) is 6.42 Å². The molecular weight excluding hydrogens is 422 g/mol. The lowest BCUT2D eigenvalue weighted by Crippen LogP contribution is -2.19. The Morgan fingerprint density at radius 2 is 2.04 bits per heavy atom. The standard InChI is InChI=1S/C19H14ClFN4OS.ClH/c1-25-15(9-18(26)23-13-4-2-12(10-22)3-5-13)11-27-19(25)24-14-6-7-17(21)16(20)8-14;/h2-8,11H,9H2,1H3,(H,23,26);1H. The van der Waals surface area contributed by atoms with Gasteiger partial charge in [0.15, 0.2) is 4.80 Å². The molecule has 0 saturated carbocycles. The zero-order valence-corrected chi connectivity index (χ0v) is 17.0. The molecule has 3 rings (SSSR count). The van der Waals surface area contributed by atoms with E-state index in [1.54, 1.807) is 28.8 Å². The van der Waals surface area contributed by atoms with Crippen LogP contribution < -0.4 is 10.1 Å². The van der Waals surface area contributed by atoms with Crippen molar-refractivity contribution in [1.29, 1.82) is 5.26 Å². The van der Waals surface area contributed by atoms with Gasteiger partial charge in [-0.2, -0.15) is 5.26 Å². The van der Waals surface area contributed by atoms with Crippen LogP contribution in [0.15, 0.2) is 52.8 Å². The average Bonchev–Trinajstić information content (AvgIpc) is 2.98. The van der Waals surface area contributed by atoms with Crippen LogP contribution in [0, 0.1) is 17.1 Å². The number of anilines is 1. The maximum atomic E-state index is 13.2. The van der Waals surface area contributed by atoms with Gasteiger partial charge in [-0.15, -0.1) is 23.7 Å². The Morgan fingerprint density at radius 1 is 1.32 bits per heavy atom. The summed E-state index contributed by atoms with van der Waals surface area (Å²) in [6.07, 6.45) is 0.173. The van der Waals surface area contributed by atoms with E-state index in [0.717, 1.165) is 5.69 Å². The maximum Gasteiger partial charge on any atom is 0.230 e. The van der Waals surface area contributed by atoms with Crippen LogP contribution in [-0.4, -0.2) is 10.5 Å². The minimum Gasteiger partial charge on any atom is -0.326 e. The maximum absolute atomic E-state index is 13.2. The van der Waals surface area contributed by atoms with Crippen molar-refractivity contribution < 1.29 is 9.18 Å². The summed E-state index contributed by atoms with van der Waals surface area (Å²) in [6, 6.07) is 12.9. The van der Waals surface area contributed by atoms with Crippen molar-refractivity contribution >= 4 is 52.6 Å². The van der Waals surface area contributed by atoms with Gasteiger partial charge in [-0.3, -0.25) is 4.79 Å². The lowest BCUT2D eigenvalue weighted by Gasteiger charge is -2.06. The average molecular weight is 437 g/mol. The van der Waals surface area contributed by atoms with Gasteiger partial charge < -0.3 is 9.88 Å². The third-order valence-electron chi connectivity index (χ3n) is 3.79. The Kier molecular flexibility index (Phi) is 7.35. The summed E-state index contributed by atoms with van der Waals surface area (Å²) in [5.74, 6) is -0.671. The van der Waals surface area contributed by atoms with Crippen molar-refractivity contribution in [2.24, 2.45) is 12.0 Å². The van der Waals surface area contributed by atoms with E-state index in [0.29, 0.717) is 21.7 Å². The molecule has 3 aromatic rings. The molecule has 5 nitrogen and oxygen atoms in total. The van der Waals surface area contributed by atoms with Crippen molar-refractivity contribution in [3.05, 3.63) is 74.7 Å². The number of nitrogens with zero attached hydrogens (tertiary/aromatic N) is 3. The number of nitriles is 1. The minimum atomic E-state index is -0.494. The number of halogens is 3. The fraction of sp³-hybridized carbons (Fsp3) is 0.105. The molecule has 0 aliphatic heterocycles. The number of carbonyl (C=O) groups excluding carboxylic acids is 1. The fourth-order valence-electron chi connectivity index (χ4n) is 2.33. The van der Waals surface area contributed by atoms with Crippen LogP contribution in [0.1, 0.15) is 11.3 Å². The monoisotopic (exact) mass is 436 g/mol. The fourth-order valence-corrected chi connectivity index (χ4v) is 3.42. The van der Waals surface area contributed by atoms with Crippen LogP contribution in [0.5, 0.6) is 0 Å². The van der Waals surface area contributed by atoms with E-state index >= 15 is 0 Å².